The number of anilines is 1. The molecule has 21 heavy (non-hydrogen) atoms. The normalized spacial score (nSPS) is 17.5. The lowest BCUT2D eigenvalue weighted by Crippen LogP contribution is -2.39. The number of alkyl halides is 2. The summed E-state index contributed by atoms with van der Waals surface area (Å²) in [6.07, 6.45) is -0.269. The molecule has 0 spiro atoms. The molecule has 0 amide bonds. The zero-order valence-corrected chi connectivity index (χ0v) is 11.2. The van der Waals surface area contributed by atoms with Gasteiger partial charge < -0.3 is 4.90 Å². The summed E-state index contributed by atoms with van der Waals surface area (Å²) in [5, 5.41) is 19.0. The van der Waals surface area contributed by atoms with Gasteiger partial charge in [-0.15, -0.1) is 5.10 Å². The van der Waals surface area contributed by atoms with E-state index in [1.54, 1.807) is 0 Å². The predicted octanol–water partition coefficient (Wildman–Crippen LogP) is 2.58. The molecule has 1 aliphatic heterocycles. The van der Waals surface area contributed by atoms with Crippen molar-refractivity contribution in [3.05, 3.63) is 30.0 Å². The number of piperidine rings is 1. The van der Waals surface area contributed by atoms with Crippen molar-refractivity contribution in [1.29, 1.82) is 5.26 Å². The number of rotatable bonds is 2. The van der Waals surface area contributed by atoms with Gasteiger partial charge in [-0.05, 0) is 12.1 Å². The van der Waals surface area contributed by atoms with Gasteiger partial charge in [0.2, 0.25) is 0 Å². The molecule has 1 aliphatic rings. The highest BCUT2D eigenvalue weighted by molar-refractivity contribution is 5.69. The fourth-order valence-corrected chi connectivity index (χ4v) is 2.45. The summed E-state index contributed by atoms with van der Waals surface area (Å²) in [6, 6.07) is 9.36. The van der Waals surface area contributed by atoms with Crippen LogP contribution in [0.25, 0.3) is 11.3 Å². The molecule has 0 aliphatic carbocycles. The van der Waals surface area contributed by atoms with Gasteiger partial charge >= 0.3 is 0 Å². The van der Waals surface area contributed by atoms with Crippen molar-refractivity contribution in [3.63, 3.8) is 0 Å². The maximum Gasteiger partial charge on any atom is 0.251 e. The number of hydrogen-bond acceptors (Lipinski definition) is 4. The molecule has 2 aromatic rings. The molecular formula is C14H13F2N5. The molecule has 1 fully saturated rings. The van der Waals surface area contributed by atoms with Gasteiger partial charge in [0, 0.05) is 37.2 Å². The predicted molar refractivity (Wildman–Crippen MR) is 72.9 cm³/mol. The van der Waals surface area contributed by atoms with Crippen LogP contribution in [0.15, 0.2) is 24.3 Å². The molecule has 1 saturated heterocycles. The first kappa shape index (κ1) is 13.5. The van der Waals surface area contributed by atoms with Crippen LogP contribution in [-0.2, 0) is 0 Å². The number of hydrogen-bond donors (Lipinski definition) is 1. The van der Waals surface area contributed by atoms with E-state index in [1.807, 2.05) is 35.2 Å². The molecule has 0 saturated carbocycles. The highest BCUT2D eigenvalue weighted by Crippen LogP contribution is 2.32. The Morgan fingerprint density at radius 1 is 1.29 bits per heavy atom. The Kier molecular flexibility index (Phi) is 3.29. The Labute approximate surface area is 120 Å². The van der Waals surface area contributed by atoms with Crippen LogP contribution in [0.1, 0.15) is 18.5 Å². The molecule has 1 aromatic heterocycles. The first-order valence-corrected chi connectivity index (χ1v) is 6.63. The molecule has 0 atom stereocenters. The molecule has 0 bridgehead atoms. The van der Waals surface area contributed by atoms with Gasteiger partial charge in [-0.2, -0.15) is 5.26 Å². The highest BCUT2D eigenvalue weighted by atomic mass is 19.3. The summed E-state index contributed by atoms with van der Waals surface area (Å²) in [5.41, 5.74) is 2.36. The molecule has 7 heteroatoms. The van der Waals surface area contributed by atoms with E-state index >= 15 is 0 Å². The van der Waals surface area contributed by atoms with E-state index in [2.05, 4.69) is 15.4 Å². The standard InChI is InChI=1S/C14H13F2N5/c15-14(16)4-6-21(7-5-14)11-3-1-2-10(8-11)13-12(9-17)18-20-19-13/h1-3,8H,4-7H2,(H,18,19,20). The molecule has 0 unspecified atom stereocenters. The lowest BCUT2D eigenvalue weighted by atomic mass is 10.0. The average Bonchev–Trinajstić information content (AvgIpc) is 2.96. The summed E-state index contributed by atoms with van der Waals surface area (Å²) >= 11 is 0. The summed E-state index contributed by atoms with van der Waals surface area (Å²) in [6.45, 7) is 0.640. The number of nitriles is 1. The number of nitrogens with zero attached hydrogens (tertiary/aromatic N) is 4. The van der Waals surface area contributed by atoms with Crippen molar-refractivity contribution in [2.45, 2.75) is 18.8 Å². The van der Waals surface area contributed by atoms with Crippen LogP contribution >= 0.6 is 0 Å². The third-order valence-electron chi connectivity index (χ3n) is 3.64. The van der Waals surface area contributed by atoms with Crippen molar-refractivity contribution in [2.24, 2.45) is 0 Å². The lowest BCUT2D eigenvalue weighted by molar-refractivity contribution is -0.0220. The minimum Gasteiger partial charge on any atom is -0.371 e. The number of benzene rings is 1. The molecule has 5 nitrogen and oxygen atoms in total. The molecule has 108 valence electrons. The smallest absolute Gasteiger partial charge is 0.251 e. The topological polar surface area (TPSA) is 68.6 Å². The maximum atomic E-state index is 13.2. The van der Waals surface area contributed by atoms with E-state index in [0.29, 0.717) is 18.8 Å². The van der Waals surface area contributed by atoms with Crippen LogP contribution in [0.5, 0.6) is 0 Å². The number of nitrogens with one attached hydrogen (secondary N) is 1. The molecule has 2 heterocycles. The minimum absolute atomic E-state index is 0.134. The van der Waals surface area contributed by atoms with Crippen molar-refractivity contribution in [1.82, 2.24) is 15.4 Å². The molecule has 1 N–H and O–H groups in total. The van der Waals surface area contributed by atoms with Crippen LogP contribution in [-0.4, -0.2) is 34.4 Å². The SMILES string of the molecule is N#Cc1[nH]nnc1-c1cccc(N2CCC(F)(F)CC2)c1. The van der Waals surface area contributed by atoms with Crippen molar-refractivity contribution in [2.75, 3.05) is 18.0 Å². The highest BCUT2D eigenvalue weighted by Gasteiger charge is 2.34. The Bertz CT molecular complexity index is 679. The first-order chi connectivity index (χ1) is 10.1. The van der Waals surface area contributed by atoms with E-state index < -0.39 is 5.92 Å². The molecule has 1 aromatic carbocycles. The van der Waals surface area contributed by atoms with E-state index in [9.17, 15) is 8.78 Å². The second-order valence-corrected chi connectivity index (χ2v) is 5.04. The quantitative estimate of drug-likeness (QED) is 0.922. The van der Waals surface area contributed by atoms with Gasteiger partial charge in [0.1, 0.15) is 11.8 Å². The number of halogens is 2. The maximum absolute atomic E-state index is 13.2. The van der Waals surface area contributed by atoms with E-state index in [0.717, 1.165) is 11.3 Å². The fraction of sp³-hybridized carbons (Fsp3) is 0.357. The third-order valence-corrected chi connectivity index (χ3v) is 3.64. The zero-order chi connectivity index (χ0) is 14.9. The van der Waals surface area contributed by atoms with E-state index in [-0.39, 0.29) is 18.5 Å². The van der Waals surface area contributed by atoms with Crippen molar-refractivity contribution < 1.29 is 8.78 Å². The summed E-state index contributed by atoms with van der Waals surface area (Å²) in [4.78, 5) is 1.92. The lowest BCUT2D eigenvalue weighted by Gasteiger charge is -2.33. The Morgan fingerprint density at radius 3 is 2.76 bits per heavy atom. The van der Waals surface area contributed by atoms with Crippen LogP contribution in [0, 0.1) is 11.3 Å². The Morgan fingerprint density at radius 2 is 2.05 bits per heavy atom. The second-order valence-electron chi connectivity index (χ2n) is 5.04. The van der Waals surface area contributed by atoms with Crippen LogP contribution in [0.4, 0.5) is 14.5 Å². The molecule has 0 radical (unpaired) electrons. The van der Waals surface area contributed by atoms with Gasteiger partial charge in [-0.3, -0.25) is 0 Å². The minimum atomic E-state index is -2.56. The van der Waals surface area contributed by atoms with Crippen LogP contribution in [0.3, 0.4) is 0 Å². The monoisotopic (exact) mass is 289 g/mol. The average molecular weight is 289 g/mol. The number of aromatic nitrogens is 3. The van der Waals surface area contributed by atoms with E-state index in [1.165, 1.54) is 0 Å². The van der Waals surface area contributed by atoms with Crippen LogP contribution < -0.4 is 4.90 Å². The fourth-order valence-electron chi connectivity index (χ4n) is 2.45. The van der Waals surface area contributed by atoms with Crippen molar-refractivity contribution in [3.8, 4) is 17.3 Å². The van der Waals surface area contributed by atoms with Gasteiger partial charge in [-0.25, -0.2) is 13.9 Å². The summed E-state index contributed by atoms with van der Waals surface area (Å²) in [7, 11) is 0. The molecular weight excluding hydrogens is 276 g/mol. The largest absolute Gasteiger partial charge is 0.371 e. The number of aromatic amines is 1. The van der Waals surface area contributed by atoms with Crippen LogP contribution in [0.2, 0.25) is 0 Å². The zero-order valence-electron chi connectivity index (χ0n) is 11.2. The Balaban J connectivity index is 1.86. The molecule has 3 rings (SSSR count). The number of H-pyrrole nitrogens is 1. The van der Waals surface area contributed by atoms with Gasteiger partial charge in [0.15, 0.2) is 5.69 Å². The first-order valence-electron chi connectivity index (χ1n) is 6.63. The summed E-state index contributed by atoms with van der Waals surface area (Å²) in [5.74, 6) is -2.56. The van der Waals surface area contributed by atoms with Gasteiger partial charge in [-0.1, -0.05) is 17.3 Å². The van der Waals surface area contributed by atoms with Crippen molar-refractivity contribution >= 4 is 5.69 Å². The Hall–Kier alpha value is -2.49. The second kappa shape index (κ2) is 5.13. The third kappa shape index (κ3) is 2.70. The van der Waals surface area contributed by atoms with E-state index in [4.69, 9.17) is 5.26 Å². The summed E-state index contributed by atoms with van der Waals surface area (Å²) < 4.78 is 26.4. The van der Waals surface area contributed by atoms with Gasteiger partial charge in [0.25, 0.3) is 5.92 Å². The van der Waals surface area contributed by atoms with Gasteiger partial charge in [0.05, 0.1) is 0 Å².